The molecule has 12 heavy (non-hydrogen) atoms. The molecule has 0 atom stereocenters. The smallest absolute Gasteiger partial charge is 0.228 e. The maximum absolute atomic E-state index is 11.1. The van der Waals surface area contributed by atoms with Gasteiger partial charge in [0.1, 0.15) is 0 Å². The predicted octanol–water partition coefficient (Wildman–Crippen LogP) is 2.07. The fourth-order valence-electron chi connectivity index (χ4n) is 1.57. The number of nitrogens with one attached hydrogen (secondary N) is 1. The monoisotopic (exact) mass is 167 g/mol. The molecule has 1 heterocycles. The molecule has 0 aromatic carbocycles. The van der Waals surface area contributed by atoms with Gasteiger partial charge in [0.05, 0.1) is 6.42 Å². The van der Waals surface area contributed by atoms with Gasteiger partial charge in [0.15, 0.2) is 0 Å². The molecule has 0 aromatic rings. The Labute approximate surface area is 74.0 Å². The van der Waals surface area contributed by atoms with E-state index in [0.717, 1.165) is 5.70 Å². The second-order valence-corrected chi connectivity index (χ2v) is 3.97. The van der Waals surface area contributed by atoms with Crippen molar-refractivity contribution in [3.05, 3.63) is 11.3 Å². The highest BCUT2D eigenvalue weighted by Gasteiger charge is 2.24. The first-order valence-electron chi connectivity index (χ1n) is 4.55. The topological polar surface area (TPSA) is 29.1 Å². The normalized spacial score (nSPS) is 18.0. The van der Waals surface area contributed by atoms with Crippen LogP contribution in [0.25, 0.3) is 0 Å². The molecule has 1 aliphatic rings. The highest BCUT2D eigenvalue weighted by molar-refractivity contribution is 5.84. The predicted molar refractivity (Wildman–Crippen MR) is 49.5 cm³/mol. The molecule has 0 saturated heterocycles. The summed E-state index contributed by atoms with van der Waals surface area (Å²) in [5, 5.41) is 2.93. The van der Waals surface area contributed by atoms with Crippen molar-refractivity contribution in [1.82, 2.24) is 5.32 Å². The summed E-state index contributed by atoms with van der Waals surface area (Å²) in [5.74, 6) is 1.08. The quantitative estimate of drug-likeness (QED) is 0.670. The Morgan fingerprint density at radius 2 is 1.75 bits per heavy atom. The lowest BCUT2D eigenvalue weighted by Gasteiger charge is -2.12. The Hall–Kier alpha value is -0.790. The molecule has 2 nitrogen and oxygen atoms in total. The van der Waals surface area contributed by atoms with E-state index in [0.29, 0.717) is 18.3 Å². The van der Waals surface area contributed by atoms with E-state index in [9.17, 15) is 4.79 Å². The van der Waals surface area contributed by atoms with Gasteiger partial charge in [-0.2, -0.15) is 0 Å². The number of rotatable bonds is 2. The van der Waals surface area contributed by atoms with Gasteiger partial charge < -0.3 is 5.32 Å². The van der Waals surface area contributed by atoms with Crippen molar-refractivity contribution in [2.75, 3.05) is 0 Å². The first-order chi connectivity index (χ1) is 5.52. The maximum Gasteiger partial charge on any atom is 0.228 e. The van der Waals surface area contributed by atoms with Gasteiger partial charge in [-0.15, -0.1) is 0 Å². The second-order valence-electron chi connectivity index (χ2n) is 3.97. The van der Waals surface area contributed by atoms with Gasteiger partial charge in [0.2, 0.25) is 5.91 Å². The van der Waals surface area contributed by atoms with Gasteiger partial charge >= 0.3 is 0 Å². The molecule has 0 radical (unpaired) electrons. The summed E-state index contributed by atoms with van der Waals surface area (Å²) in [4.78, 5) is 11.1. The van der Waals surface area contributed by atoms with Crippen molar-refractivity contribution in [3.63, 3.8) is 0 Å². The second kappa shape index (κ2) is 3.30. The largest absolute Gasteiger partial charge is 0.329 e. The van der Waals surface area contributed by atoms with Crippen molar-refractivity contribution in [2.45, 2.75) is 34.1 Å². The number of allylic oxidation sites excluding steroid dienone is 1. The lowest BCUT2D eigenvalue weighted by Crippen LogP contribution is -2.18. The van der Waals surface area contributed by atoms with Gasteiger partial charge in [0.25, 0.3) is 0 Å². The van der Waals surface area contributed by atoms with E-state index in [1.165, 1.54) is 5.57 Å². The summed E-state index contributed by atoms with van der Waals surface area (Å²) in [6.45, 7) is 8.50. The zero-order valence-corrected chi connectivity index (χ0v) is 8.27. The van der Waals surface area contributed by atoms with Crippen LogP contribution in [0.5, 0.6) is 0 Å². The van der Waals surface area contributed by atoms with E-state index in [-0.39, 0.29) is 5.91 Å². The van der Waals surface area contributed by atoms with E-state index in [4.69, 9.17) is 0 Å². The first-order valence-corrected chi connectivity index (χ1v) is 4.55. The number of amides is 1. The highest BCUT2D eigenvalue weighted by Crippen LogP contribution is 2.26. The molecule has 2 heteroatoms. The molecule has 0 unspecified atom stereocenters. The Kier molecular flexibility index (Phi) is 2.55. The summed E-state index contributed by atoms with van der Waals surface area (Å²) in [7, 11) is 0. The molecule has 68 valence electrons. The van der Waals surface area contributed by atoms with Crippen molar-refractivity contribution in [2.24, 2.45) is 11.8 Å². The molecule has 0 fully saturated rings. The van der Waals surface area contributed by atoms with E-state index < -0.39 is 0 Å². The fourth-order valence-corrected chi connectivity index (χ4v) is 1.57. The van der Waals surface area contributed by atoms with E-state index in [1.807, 2.05) is 0 Å². The van der Waals surface area contributed by atoms with Gasteiger partial charge in [-0.1, -0.05) is 27.7 Å². The van der Waals surface area contributed by atoms with Gasteiger partial charge in [-0.05, 0) is 17.4 Å². The number of carbonyl (C=O) groups excluding carboxylic acids is 1. The minimum absolute atomic E-state index is 0.155. The molecule has 0 aromatic heterocycles. The number of hydrogen-bond donors (Lipinski definition) is 1. The molecule has 1 N–H and O–H groups in total. The van der Waals surface area contributed by atoms with Crippen LogP contribution in [0.2, 0.25) is 0 Å². The van der Waals surface area contributed by atoms with Crippen LogP contribution in [0.3, 0.4) is 0 Å². The lowest BCUT2D eigenvalue weighted by atomic mass is 9.96. The lowest BCUT2D eigenvalue weighted by molar-refractivity contribution is -0.119. The van der Waals surface area contributed by atoms with Crippen LogP contribution >= 0.6 is 0 Å². The van der Waals surface area contributed by atoms with Crippen LogP contribution in [-0.2, 0) is 4.79 Å². The zero-order valence-electron chi connectivity index (χ0n) is 8.27. The first kappa shape index (κ1) is 9.30. The van der Waals surface area contributed by atoms with Gasteiger partial charge in [-0.25, -0.2) is 0 Å². The van der Waals surface area contributed by atoms with Crippen molar-refractivity contribution in [3.8, 4) is 0 Å². The van der Waals surface area contributed by atoms with E-state index in [1.54, 1.807) is 0 Å². The molecule has 0 aliphatic carbocycles. The van der Waals surface area contributed by atoms with E-state index in [2.05, 4.69) is 33.0 Å². The minimum Gasteiger partial charge on any atom is -0.329 e. The fraction of sp³-hybridized carbons (Fsp3) is 0.700. The third-order valence-corrected chi connectivity index (χ3v) is 2.25. The summed E-state index contributed by atoms with van der Waals surface area (Å²) in [6.07, 6.45) is 0.602. The third-order valence-electron chi connectivity index (χ3n) is 2.25. The molecule has 1 amide bonds. The average molecular weight is 167 g/mol. The summed E-state index contributed by atoms with van der Waals surface area (Å²) < 4.78 is 0. The van der Waals surface area contributed by atoms with Crippen molar-refractivity contribution < 1.29 is 4.79 Å². The summed E-state index contributed by atoms with van der Waals surface area (Å²) >= 11 is 0. The average Bonchev–Trinajstić information content (AvgIpc) is 2.31. The zero-order chi connectivity index (χ0) is 9.30. The SMILES string of the molecule is CC(C)C1=C(C(C)C)NC(=O)C1. The summed E-state index contributed by atoms with van der Waals surface area (Å²) in [6, 6.07) is 0. The Bertz CT molecular complexity index is 204. The summed E-state index contributed by atoms with van der Waals surface area (Å²) in [5.41, 5.74) is 2.44. The number of carbonyl (C=O) groups is 1. The molecule has 0 spiro atoms. The van der Waals surface area contributed by atoms with Gasteiger partial charge in [0, 0.05) is 5.70 Å². The molecular formula is C10H17NO. The van der Waals surface area contributed by atoms with Crippen LogP contribution in [0, 0.1) is 11.8 Å². The molecule has 0 saturated carbocycles. The molecule has 0 bridgehead atoms. The number of hydrogen-bond acceptors (Lipinski definition) is 1. The van der Waals surface area contributed by atoms with Crippen molar-refractivity contribution >= 4 is 5.91 Å². The van der Waals surface area contributed by atoms with Gasteiger partial charge in [-0.3, -0.25) is 4.79 Å². The Morgan fingerprint density at radius 1 is 1.17 bits per heavy atom. The maximum atomic E-state index is 11.1. The molecule has 1 rings (SSSR count). The van der Waals surface area contributed by atoms with Crippen LogP contribution < -0.4 is 5.32 Å². The van der Waals surface area contributed by atoms with Crippen LogP contribution in [0.4, 0.5) is 0 Å². The van der Waals surface area contributed by atoms with E-state index >= 15 is 0 Å². The Morgan fingerprint density at radius 3 is 2.08 bits per heavy atom. The molecular weight excluding hydrogens is 150 g/mol. The van der Waals surface area contributed by atoms with Crippen molar-refractivity contribution in [1.29, 1.82) is 0 Å². The third kappa shape index (κ3) is 1.68. The standard InChI is InChI=1S/C10H17NO/c1-6(2)8-5-9(12)11-10(8)7(3)4/h6-7H,5H2,1-4H3,(H,11,12). The Balaban J connectivity index is 2.88. The highest BCUT2D eigenvalue weighted by atomic mass is 16.1. The van der Waals surface area contributed by atoms with Crippen LogP contribution in [0.15, 0.2) is 11.3 Å². The molecule has 1 aliphatic heterocycles. The minimum atomic E-state index is 0.155. The van der Waals surface area contributed by atoms with Crippen LogP contribution in [-0.4, -0.2) is 5.91 Å². The van der Waals surface area contributed by atoms with Crippen LogP contribution in [0.1, 0.15) is 34.1 Å².